The molecule has 2 aromatic rings. The van der Waals surface area contributed by atoms with Crippen molar-refractivity contribution >= 4 is 11.6 Å². The number of anilines is 1. The van der Waals surface area contributed by atoms with Crippen LogP contribution in [0.15, 0.2) is 48.5 Å². The summed E-state index contributed by atoms with van der Waals surface area (Å²) in [4.78, 5) is 14.1. The number of nitrogens with zero attached hydrogens (tertiary/aromatic N) is 1. The standard InChI is InChI=1S/C17H18N2O2/c18-15-6-3-7-16(10-15)21-9-8-17(20)19-11-13-4-1-2-5-14(13)12-19/h1-7,10H,8-9,11-12,18H2. The first-order valence-corrected chi connectivity index (χ1v) is 7.05. The van der Waals surface area contributed by atoms with Gasteiger partial charge in [0.2, 0.25) is 5.91 Å². The fraction of sp³-hybridized carbons (Fsp3) is 0.235. The first-order chi connectivity index (χ1) is 10.2. The number of fused-ring (bicyclic) bond motifs is 1. The Morgan fingerprint density at radius 3 is 2.48 bits per heavy atom. The molecule has 21 heavy (non-hydrogen) atoms. The molecule has 0 bridgehead atoms. The first-order valence-electron chi connectivity index (χ1n) is 7.05. The SMILES string of the molecule is Nc1cccc(OCCC(=O)N2Cc3ccccc3C2)c1. The number of ether oxygens (including phenoxy) is 1. The Bertz CT molecular complexity index is 630. The molecule has 0 saturated carbocycles. The molecule has 0 aromatic heterocycles. The van der Waals surface area contributed by atoms with Gasteiger partial charge in [0, 0.05) is 24.8 Å². The molecule has 1 aliphatic heterocycles. The quantitative estimate of drug-likeness (QED) is 0.877. The molecule has 0 saturated heterocycles. The number of amides is 1. The zero-order valence-corrected chi connectivity index (χ0v) is 11.8. The van der Waals surface area contributed by atoms with Crippen molar-refractivity contribution in [2.75, 3.05) is 12.3 Å². The molecule has 0 aliphatic carbocycles. The van der Waals surface area contributed by atoms with Crippen LogP contribution in [0, 0.1) is 0 Å². The lowest BCUT2D eigenvalue weighted by Gasteiger charge is -2.15. The van der Waals surface area contributed by atoms with Gasteiger partial charge in [0.15, 0.2) is 0 Å². The van der Waals surface area contributed by atoms with Crippen LogP contribution >= 0.6 is 0 Å². The van der Waals surface area contributed by atoms with Crippen LogP contribution in [0.25, 0.3) is 0 Å². The van der Waals surface area contributed by atoms with Gasteiger partial charge in [0.25, 0.3) is 0 Å². The van der Waals surface area contributed by atoms with Crippen LogP contribution in [-0.2, 0) is 17.9 Å². The fourth-order valence-corrected chi connectivity index (χ4v) is 2.53. The van der Waals surface area contributed by atoms with Crippen molar-refractivity contribution in [3.05, 3.63) is 59.7 Å². The third-order valence-electron chi connectivity index (χ3n) is 3.64. The van der Waals surface area contributed by atoms with Crippen molar-refractivity contribution in [2.24, 2.45) is 0 Å². The number of carbonyl (C=O) groups excluding carboxylic acids is 1. The molecule has 2 N–H and O–H groups in total. The normalized spacial score (nSPS) is 13.0. The topological polar surface area (TPSA) is 55.6 Å². The van der Waals surface area contributed by atoms with E-state index in [1.54, 1.807) is 12.1 Å². The molecule has 1 heterocycles. The summed E-state index contributed by atoms with van der Waals surface area (Å²) in [6.07, 6.45) is 0.378. The van der Waals surface area contributed by atoms with Gasteiger partial charge in [-0.15, -0.1) is 0 Å². The van der Waals surface area contributed by atoms with Crippen LogP contribution in [0.1, 0.15) is 17.5 Å². The number of nitrogen functional groups attached to an aromatic ring is 1. The highest BCUT2D eigenvalue weighted by molar-refractivity contribution is 5.77. The van der Waals surface area contributed by atoms with E-state index < -0.39 is 0 Å². The van der Waals surface area contributed by atoms with E-state index in [0.29, 0.717) is 37.6 Å². The second-order valence-corrected chi connectivity index (χ2v) is 5.19. The van der Waals surface area contributed by atoms with Crippen molar-refractivity contribution in [3.8, 4) is 5.75 Å². The van der Waals surface area contributed by atoms with Gasteiger partial charge < -0.3 is 15.4 Å². The molecule has 4 heteroatoms. The van der Waals surface area contributed by atoms with Crippen LogP contribution < -0.4 is 10.5 Å². The minimum atomic E-state index is 0.120. The van der Waals surface area contributed by atoms with Gasteiger partial charge in [-0.05, 0) is 23.3 Å². The van der Waals surface area contributed by atoms with Crippen LogP contribution in [0.2, 0.25) is 0 Å². The lowest BCUT2D eigenvalue weighted by Crippen LogP contribution is -2.26. The number of benzene rings is 2. The first kappa shape index (κ1) is 13.5. The van der Waals surface area contributed by atoms with Crippen LogP contribution in [0.4, 0.5) is 5.69 Å². The number of rotatable bonds is 4. The van der Waals surface area contributed by atoms with Gasteiger partial charge in [0.05, 0.1) is 13.0 Å². The Balaban J connectivity index is 1.50. The molecule has 1 amide bonds. The molecular weight excluding hydrogens is 264 g/mol. The summed E-state index contributed by atoms with van der Waals surface area (Å²) in [5, 5.41) is 0. The highest BCUT2D eigenvalue weighted by Gasteiger charge is 2.22. The monoisotopic (exact) mass is 282 g/mol. The predicted molar refractivity (Wildman–Crippen MR) is 81.7 cm³/mol. The van der Waals surface area contributed by atoms with Crippen molar-refractivity contribution in [3.63, 3.8) is 0 Å². The summed E-state index contributed by atoms with van der Waals surface area (Å²) >= 11 is 0. The third kappa shape index (κ3) is 3.16. The molecule has 0 spiro atoms. The Kier molecular flexibility index (Phi) is 3.77. The van der Waals surface area contributed by atoms with E-state index in [9.17, 15) is 4.79 Å². The zero-order chi connectivity index (χ0) is 14.7. The second kappa shape index (κ2) is 5.87. The van der Waals surface area contributed by atoms with E-state index in [2.05, 4.69) is 12.1 Å². The summed E-state index contributed by atoms with van der Waals surface area (Å²) in [5.74, 6) is 0.822. The molecule has 108 valence electrons. The Hall–Kier alpha value is -2.49. The van der Waals surface area contributed by atoms with Gasteiger partial charge in [-0.2, -0.15) is 0 Å². The smallest absolute Gasteiger partial charge is 0.226 e. The van der Waals surface area contributed by atoms with E-state index in [1.807, 2.05) is 29.2 Å². The van der Waals surface area contributed by atoms with Crippen LogP contribution in [0.3, 0.4) is 0 Å². The lowest BCUT2D eigenvalue weighted by molar-refractivity contribution is -0.132. The summed E-state index contributed by atoms with van der Waals surface area (Å²) in [7, 11) is 0. The summed E-state index contributed by atoms with van der Waals surface area (Å²) < 4.78 is 5.57. The lowest BCUT2D eigenvalue weighted by atomic mass is 10.1. The van der Waals surface area contributed by atoms with E-state index in [4.69, 9.17) is 10.5 Å². The largest absolute Gasteiger partial charge is 0.493 e. The van der Waals surface area contributed by atoms with E-state index in [-0.39, 0.29) is 5.91 Å². The average Bonchev–Trinajstić information content (AvgIpc) is 2.91. The number of nitrogens with two attached hydrogens (primary N) is 1. The maximum atomic E-state index is 12.2. The van der Waals surface area contributed by atoms with E-state index >= 15 is 0 Å². The van der Waals surface area contributed by atoms with Gasteiger partial charge in [-0.1, -0.05) is 30.3 Å². The van der Waals surface area contributed by atoms with E-state index in [0.717, 1.165) is 0 Å². The Labute approximate surface area is 124 Å². The fourth-order valence-electron chi connectivity index (χ4n) is 2.53. The predicted octanol–water partition coefficient (Wildman–Crippen LogP) is 2.58. The average molecular weight is 282 g/mol. The van der Waals surface area contributed by atoms with Crippen molar-refractivity contribution < 1.29 is 9.53 Å². The molecule has 0 unspecified atom stereocenters. The van der Waals surface area contributed by atoms with Gasteiger partial charge >= 0.3 is 0 Å². The Morgan fingerprint density at radius 2 is 1.81 bits per heavy atom. The molecule has 0 fully saturated rings. The highest BCUT2D eigenvalue weighted by Crippen LogP contribution is 2.22. The molecule has 0 radical (unpaired) electrons. The van der Waals surface area contributed by atoms with Gasteiger partial charge in [-0.25, -0.2) is 0 Å². The maximum absolute atomic E-state index is 12.2. The van der Waals surface area contributed by atoms with Gasteiger partial charge in [-0.3, -0.25) is 4.79 Å². The molecule has 3 rings (SSSR count). The Morgan fingerprint density at radius 1 is 1.10 bits per heavy atom. The highest BCUT2D eigenvalue weighted by atomic mass is 16.5. The number of hydrogen-bond donors (Lipinski definition) is 1. The van der Waals surface area contributed by atoms with Crippen LogP contribution in [-0.4, -0.2) is 17.4 Å². The second-order valence-electron chi connectivity index (χ2n) is 5.19. The molecule has 4 nitrogen and oxygen atoms in total. The number of carbonyl (C=O) groups is 1. The minimum absolute atomic E-state index is 0.120. The summed E-state index contributed by atoms with van der Waals surface area (Å²) in [5.41, 5.74) is 8.82. The van der Waals surface area contributed by atoms with Crippen molar-refractivity contribution in [1.82, 2.24) is 4.90 Å². The van der Waals surface area contributed by atoms with Crippen molar-refractivity contribution in [2.45, 2.75) is 19.5 Å². The number of hydrogen-bond acceptors (Lipinski definition) is 3. The molecule has 1 aliphatic rings. The molecule has 2 aromatic carbocycles. The summed E-state index contributed by atoms with van der Waals surface area (Å²) in [6.45, 7) is 1.77. The summed E-state index contributed by atoms with van der Waals surface area (Å²) in [6, 6.07) is 15.4. The van der Waals surface area contributed by atoms with E-state index in [1.165, 1.54) is 11.1 Å². The minimum Gasteiger partial charge on any atom is -0.493 e. The zero-order valence-electron chi connectivity index (χ0n) is 11.8. The molecular formula is C17H18N2O2. The van der Waals surface area contributed by atoms with Crippen molar-refractivity contribution in [1.29, 1.82) is 0 Å². The third-order valence-corrected chi connectivity index (χ3v) is 3.64. The van der Waals surface area contributed by atoms with Crippen LogP contribution in [0.5, 0.6) is 5.75 Å². The maximum Gasteiger partial charge on any atom is 0.226 e. The van der Waals surface area contributed by atoms with Gasteiger partial charge in [0.1, 0.15) is 5.75 Å². The molecule has 0 atom stereocenters.